The van der Waals surface area contributed by atoms with Crippen LogP contribution in [0.5, 0.6) is 5.75 Å². The molecule has 1 amide bonds. The van der Waals surface area contributed by atoms with E-state index in [1.807, 2.05) is 35.2 Å². The molecule has 5 heteroatoms. The van der Waals surface area contributed by atoms with Crippen molar-refractivity contribution in [2.45, 2.75) is 25.3 Å². The molecule has 0 saturated carbocycles. The lowest BCUT2D eigenvalue weighted by molar-refractivity contribution is -0.124. The van der Waals surface area contributed by atoms with E-state index < -0.39 is 0 Å². The van der Waals surface area contributed by atoms with Gasteiger partial charge in [0.25, 0.3) is 0 Å². The molecular weight excluding hydrogens is 268 g/mol. The number of nitrogens with one attached hydrogen (secondary N) is 1. The highest BCUT2D eigenvalue weighted by molar-refractivity contribution is 5.78. The molecule has 1 unspecified atom stereocenters. The zero-order valence-corrected chi connectivity index (χ0v) is 12.2. The molecule has 1 saturated heterocycles. The van der Waals surface area contributed by atoms with Crippen molar-refractivity contribution >= 4 is 12.2 Å². The molecule has 0 spiro atoms. The average Bonchev–Trinajstić information content (AvgIpc) is 2.53. The molecule has 1 heterocycles. The van der Waals surface area contributed by atoms with Crippen molar-refractivity contribution < 1.29 is 14.3 Å². The van der Waals surface area contributed by atoms with Crippen LogP contribution in [0.1, 0.15) is 19.3 Å². The first-order valence-corrected chi connectivity index (χ1v) is 7.43. The molecular formula is C16H22N2O3. The van der Waals surface area contributed by atoms with Gasteiger partial charge in [-0.2, -0.15) is 0 Å². The number of hydrogen-bond acceptors (Lipinski definition) is 4. The second kappa shape index (κ2) is 8.42. The number of carbonyl (C=O) groups is 2. The summed E-state index contributed by atoms with van der Waals surface area (Å²) in [5.74, 6) is 0.740. The number of amides is 1. The summed E-state index contributed by atoms with van der Waals surface area (Å²) < 4.78 is 5.50. The van der Waals surface area contributed by atoms with E-state index in [4.69, 9.17) is 4.74 Å². The normalized spacial score (nSPS) is 19.0. The summed E-state index contributed by atoms with van der Waals surface area (Å²) in [6.45, 7) is 2.01. The van der Waals surface area contributed by atoms with Crippen LogP contribution in [-0.2, 0) is 9.59 Å². The van der Waals surface area contributed by atoms with Gasteiger partial charge in [-0.3, -0.25) is 9.69 Å². The molecule has 114 valence electrons. The number of likely N-dealkylation sites (tertiary alicyclic amines) is 1. The SMILES string of the molecule is O=CC1CCCCN1CC(=O)NCCOc1ccccc1. The lowest BCUT2D eigenvalue weighted by Crippen LogP contribution is -2.46. The summed E-state index contributed by atoms with van der Waals surface area (Å²) in [6, 6.07) is 9.39. The fourth-order valence-corrected chi connectivity index (χ4v) is 2.48. The Morgan fingerprint density at radius 3 is 2.90 bits per heavy atom. The van der Waals surface area contributed by atoms with Crippen molar-refractivity contribution in [3.63, 3.8) is 0 Å². The largest absolute Gasteiger partial charge is 0.492 e. The number of nitrogens with zero attached hydrogens (tertiary/aromatic N) is 1. The van der Waals surface area contributed by atoms with E-state index in [-0.39, 0.29) is 18.5 Å². The maximum absolute atomic E-state index is 11.9. The Bertz CT molecular complexity index is 450. The van der Waals surface area contributed by atoms with Crippen LogP contribution in [0.4, 0.5) is 0 Å². The molecule has 0 bridgehead atoms. The van der Waals surface area contributed by atoms with Gasteiger partial charge in [0.05, 0.1) is 19.1 Å². The first-order chi connectivity index (χ1) is 10.3. The molecule has 1 aromatic rings. The van der Waals surface area contributed by atoms with E-state index in [0.717, 1.165) is 37.8 Å². The third kappa shape index (κ3) is 5.19. The fraction of sp³-hybridized carbons (Fsp3) is 0.500. The minimum atomic E-state index is -0.106. The standard InChI is InChI=1S/C16H22N2O3/c19-13-14-6-4-5-10-18(14)12-16(20)17-9-11-21-15-7-2-1-3-8-15/h1-3,7-8,13-14H,4-6,9-12H2,(H,17,20). The van der Waals surface area contributed by atoms with Gasteiger partial charge in [0.1, 0.15) is 18.6 Å². The molecule has 1 fully saturated rings. The van der Waals surface area contributed by atoms with Crippen LogP contribution in [0.15, 0.2) is 30.3 Å². The van der Waals surface area contributed by atoms with Gasteiger partial charge in [0, 0.05) is 0 Å². The molecule has 1 N–H and O–H groups in total. The van der Waals surface area contributed by atoms with E-state index in [2.05, 4.69) is 5.32 Å². The van der Waals surface area contributed by atoms with Gasteiger partial charge in [-0.25, -0.2) is 0 Å². The highest BCUT2D eigenvalue weighted by Crippen LogP contribution is 2.14. The van der Waals surface area contributed by atoms with Gasteiger partial charge in [-0.15, -0.1) is 0 Å². The Kier molecular flexibility index (Phi) is 6.22. The second-order valence-corrected chi connectivity index (χ2v) is 5.18. The summed E-state index contributed by atoms with van der Waals surface area (Å²) >= 11 is 0. The Morgan fingerprint density at radius 1 is 1.33 bits per heavy atom. The van der Waals surface area contributed by atoms with E-state index in [1.54, 1.807) is 0 Å². The molecule has 2 rings (SSSR count). The van der Waals surface area contributed by atoms with E-state index in [9.17, 15) is 9.59 Å². The predicted molar refractivity (Wildman–Crippen MR) is 80.2 cm³/mol. The minimum absolute atomic E-state index is 0.0552. The molecule has 1 aliphatic rings. The van der Waals surface area contributed by atoms with E-state index in [1.165, 1.54) is 0 Å². The van der Waals surface area contributed by atoms with Crippen molar-refractivity contribution in [1.82, 2.24) is 10.2 Å². The van der Waals surface area contributed by atoms with Crippen LogP contribution in [0.3, 0.4) is 0 Å². The lowest BCUT2D eigenvalue weighted by Gasteiger charge is -2.31. The zero-order chi connectivity index (χ0) is 14.9. The summed E-state index contributed by atoms with van der Waals surface area (Å²) in [4.78, 5) is 24.8. The number of para-hydroxylation sites is 1. The van der Waals surface area contributed by atoms with Crippen molar-refractivity contribution in [1.29, 1.82) is 0 Å². The van der Waals surface area contributed by atoms with Gasteiger partial charge in [0.2, 0.25) is 5.91 Å². The van der Waals surface area contributed by atoms with Crippen LogP contribution in [-0.4, -0.2) is 49.4 Å². The van der Waals surface area contributed by atoms with Crippen LogP contribution in [0, 0.1) is 0 Å². The number of hydrogen-bond donors (Lipinski definition) is 1. The number of benzene rings is 1. The summed E-state index contributed by atoms with van der Waals surface area (Å²) in [5.41, 5.74) is 0. The summed E-state index contributed by atoms with van der Waals surface area (Å²) in [7, 11) is 0. The minimum Gasteiger partial charge on any atom is -0.492 e. The molecule has 0 aromatic heterocycles. The molecule has 0 aliphatic carbocycles. The van der Waals surface area contributed by atoms with Gasteiger partial charge in [-0.05, 0) is 31.5 Å². The van der Waals surface area contributed by atoms with Gasteiger partial charge < -0.3 is 14.8 Å². The fourth-order valence-electron chi connectivity index (χ4n) is 2.48. The van der Waals surface area contributed by atoms with Crippen molar-refractivity contribution in [2.24, 2.45) is 0 Å². The van der Waals surface area contributed by atoms with Crippen molar-refractivity contribution in [3.8, 4) is 5.75 Å². The van der Waals surface area contributed by atoms with Gasteiger partial charge in [-0.1, -0.05) is 24.6 Å². The predicted octanol–water partition coefficient (Wildman–Crippen LogP) is 1.23. The molecule has 1 atom stereocenters. The average molecular weight is 290 g/mol. The molecule has 0 radical (unpaired) electrons. The topological polar surface area (TPSA) is 58.6 Å². The van der Waals surface area contributed by atoms with E-state index in [0.29, 0.717) is 13.2 Å². The number of aldehydes is 1. The molecule has 5 nitrogen and oxygen atoms in total. The van der Waals surface area contributed by atoms with Crippen LogP contribution >= 0.6 is 0 Å². The number of carbonyl (C=O) groups excluding carboxylic acids is 2. The Labute approximate surface area is 125 Å². The molecule has 1 aromatic carbocycles. The first kappa shape index (κ1) is 15.5. The lowest BCUT2D eigenvalue weighted by atomic mass is 10.0. The molecule has 21 heavy (non-hydrogen) atoms. The summed E-state index contributed by atoms with van der Waals surface area (Å²) in [5, 5.41) is 2.82. The third-order valence-electron chi connectivity index (χ3n) is 3.60. The van der Waals surface area contributed by atoms with Gasteiger partial charge in [0.15, 0.2) is 0 Å². The first-order valence-electron chi connectivity index (χ1n) is 7.43. The summed E-state index contributed by atoms with van der Waals surface area (Å²) in [6.07, 6.45) is 3.92. The number of ether oxygens (including phenoxy) is 1. The third-order valence-corrected chi connectivity index (χ3v) is 3.60. The Morgan fingerprint density at radius 2 is 2.14 bits per heavy atom. The van der Waals surface area contributed by atoms with E-state index >= 15 is 0 Å². The van der Waals surface area contributed by atoms with Crippen LogP contribution in [0.25, 0.3) is 0 Å². The zero-order valence-electron chi connectivity index (χ0n) is 12.2. The maximum atomic E-state index is 11.9. The highest BCUT2D eigenvalue weighted by atomic mass is 16.5. The van der Waals surface area contributed by atoms with Crippen molar-refractivity contribution in [2.75, 3.05) is 26.2 Å². The quantitative estimate of drug-likeness (QED) is 0.606. The molecule has 1 aliphatic heterocycles. The number of piperidine rings is 1. The van der Waals surface area contributed by atoms with Crippen molar-refractivity contribution in [3.05, 3.63) is 30.3 Å². The maximum Gasteiger partial charge on any atom is 0.234 e. The van der Waals surface area contributed by atoms with Crippen LogP contribution in [0.2, 0.25) is 0 Å². The second-order valence-electron chi connectivity index (χ2n) is 5.18. The Balaban J connectivity index is 1.64. The number of rotatable bonds is 7. The smallest absolute Gasteiger partial charge is 0.234 e. The monoisotopic (exact) mass is 290 g/mol. The Hall–Kier alpha value is -1.88. The highest BCUT2D eigenvalue weighted by Gasteiger charge is 2.23. The van der Waals surface area contributed by atoms with Crippen LogP contribution < -0.4 is 10.1 Å². The van der Waals surface area contributed by atoms with Gasteiger partial charge >= 0.3 is 0 Å².